The zero-order valence-electron chi connectivity index (χ0n) is 19.4. The molecule has 1 N–H and O–H groups in total. The molecule has 6 rings (SSSR count). The van der Waals surface area contributed by atoms with Gasteiger partial charge in [-0.25, -0.2) is 9.18 Å². The molecule has 1 saturated carbocycles. The number of allylic oxidation sites excluding steroid dienone is 1. The number of pyridine rings is 2. The number of nitrogens with zero attached hydrogens (tertiary/aromatic N) is 4. The van der Waals surface area contributed by atoms with Gasteiger partial charge in [-0.2, -0.15) is 0 Å². The van der Waals surface area contributed by atoms with Crippen LogP contribution in [0.2, 0.25) is 0 Å². The van der Waals surface area contributed by atoms with Crippen LogP contribution in [-0.2, 0) is 6.42 Å². The van der Waals surface area contributed by atoms with Crippen LogP contribution in [0.3, 0.4) is 0 Å². The lowest BCUT2D eigenvalue weighted by atomic mass is 9.95. The topological polar surface area (TPSA) is 78.7 Å². The first-order valence-electron chi connectivity index (χ1n) is 12.2. The van der Waals surface area contributed by atoms with Gasteiger partial charge in [0, 0.05) is 56.5 Å². The maximum Gasteiger partial charge on any atom is 0.341 e. The van der Waals surface area contributed by atoms with E-state index >= 15 is 4.39 Å². The highest BCUT2D eigenvalue weighted by Gasteiger charge is 2.29. The van der Waals surface area contributed by atoms with E-state index in [9.17, 15) is 14.7 Å². The first kappa shape index (κ1) is 22.0. The predicted octanol–water partition coefficient (Wildman–Crippen LogP) is 3.72. The van der Waals surface area contributed by atoms with Gasteiger partial charge in [0.1, 0.15) is 11.4 Å². The van der Waals surface area contributed by atoms with Gasteiger partial charge < -0.3 is 14.6 Å². The average molecular weight is 475 g/mol. The highest BCUT2D eigenvalue weighted by Crippen LogP contribution is 2.38. The van der Waals surface area contributed by atoms with E-state index in [2.05, 4.69) is 22.0 Å². The monoisotopic (exact) mass is 474 g/mol. The Hall–Kier alpha value is -3.52. The van der Waals surface area contributed by atoms with Gasteiger partial charge in [-0.3, -0.25) is 14.7 Å². The van der Waals surface area contributed by atoms with E-state index in [1.54, 1.807) is 6.07 Å². The lowest BCUT2D eigenvalue weighted by Crippen LogP contribution is -2.47. The summed E-state index contributed by atoms with van der Waals surface area (Å²) in [5.74, 6) is -1.76. The fourth-order valence-electron chi connectivity index (χ4n) is 5.36. The molecule has 0 radical (unpaired) electrons. The molecule has 2 fully saturated rings. The Morgan fingerprint density at radius 2 is 1.97 bits per heavy atom. The van der Waals surface area contributed by atoms with Crippen LogP contribution in [0.1, 0.15) is 46.9 Å². The number of carboxylic acids is 1. The largest absolute Gasteiger partial charge is 0.477 e. The van der Waals surface area contributed by atoms with E-state index in [1.807, 2.05) is 21.7 Å². The highest BCUT2D eigenvalue weighted by atomic mass is 19.1. The third-order valence-electron chi connectivity index (χ3n) is 7.38. The molecular formula is C27H27FN4O3. The first-order chi connectivity index (χ1) is 17.0. The number of hydrogen-bond donors (Lipinski definition) is 1. The molecule has 7 nitrogen and oxygen atoms in total. The van der Waals surface area contributed by atoms with Crippen molar-refractivity contribution in [1.29, 1.82) is 0 Å². The van der Waals surface area contributed by atoms with E-state index in [0.29, 0.717) is 24.3 Å². The van der Waals surface area contributed by atoms with E-state index < -0.39 is 17.2 Å². The molecule has 2 aliphatic carbocycles. The van der Waals surface area contributed by atoms with Gasteiger partial charge in [0.2, 0.25) is 5.43 Å². The maximum atomic E-state index is 15.2. The Kier molecular flexibility index (Phi) is 5.40. The van der Waals surface area contributed by atoms with Crippen LogP contribution in [0.5, 0.6) is 0 Å². The standard InChI is InChI=1S/C27H27FN4O3/c28-22-13-20-23(32(19-6-7-19)16-21(26(20)33)27(34)35)14-24(22)31-11-9-30(10-12-31)15-18-4-1-3-17-5-2-8-29-25(17)18/h2,4-5,8,13-14,16,19H,1,3,6-7,9-12,15H2,(H,34,35). The number of fused-ring (bicyclic) bond motifs is 2. The summed E-state index contributed by atoms with van der Waals surface area (Å²) < 4.78 is 17.1. The third kappa shape index (κ3) is 4.01. The Labute approximate surface area is 202 Å². The fourth-order valence-corrected chi connectivity index (χ4v) is 5.36. The maximum absolute atomic E-state index is 15.2. The predicted molar refractivity (Wildman–Crippen MR) is 133 cm³/mol. The van der Waals surface area contributed by atoms with Crippen LogP contribution < -0.4 is 10.3 Å². The van der Waals surface area contributed by atoms with E-state index in [0.717, 1.165) is 51.0 Å². The summed E-state index contributed by atoms with van der Waals surface area (Å²) in [6.07, 6.45) is 9.47. The summed E-state index contributed by atoms with van der Waals surface area (Å²) in [6, 6.07) is 7.25. The number of carboxylic acid groups (broad SMARTS) is 1. The van der Waals surface area contributed by atoms with Gasteiger partial charge in [-0.05, 0) is 55.0 Å². The molecule has 3 heterocycles. The van der Waals surface area contributed by atoms with Gasteiger partial charge in [0.05, 0.1) is 16.9 Å². The highest BCUT2D eigenvalue weighted by molar-refractivity contribution is 5.93. The number of rotatable bonds is 5. The lowest BCUT2D eigenvalue weighted by molar-refractivity contribution is 0.0695. The number of benzene rings is 1. The molecule has 0 amide bonds. The molecule has 3 aromatic rings. The first-order valence-corrected chi connectivity index (χ1v) is 12.2. The van der Waals surface area contributed by atoms with Crippen LogP contribution >= 0.6 is 0 Å². The number of anilines is 1. The van der Waals surface area contributed by atoms with Crippen molar-refractivity contribution in [2.45, 2.75) is 31.7 Å². The summed E-state index contributed by atoms with van der Waals surface area (Å²) in [6.45, 7) is 3.77. The normalized spacial score (nSPS) is 18.4. The molecule has 0 unspecified atom stereocenters. The zero-order chi connectivity index (χ0) is 24.1. The average Bonchev–Trinajstić information content (AvgIpc) is 3.70. The summed E-state index contributed by atoms with van der Waals surface area (Å²) in [5.41, 5.74) is 3.80. The summed E-state index contributed by atoms with van der Waals surface area (Å²) in [7, 11) is 0. The molecule has 8 heteroatoms. The Bertz CT molecular complexity index is 1420. The van der Waals surface area contributed by atoms with E-state index in [1.165, 1.54) is 23.4 Å². The summed E-state index contributed by atoms with van der Waals surface area (Å²) in [4.78, 5) is 33.3. The molecule has 1 aliphatic heterocycles. The summed E-state index contributed by atoms with van der Waals surface area (Å²) in [5, 5.41) is 9.58. The third-order valence-corrected chi connectivity index (χ3v) is 7.38. The van der Waals surface area contributed by atoms with Crippen LogP contribution in [-0.4, -0.2) is 58.3 Å². The molecule has 0 atom stereocenters. The van der Waals surface area contributed by atoms with Crippen molar-refractivity contribution in [2.24, 2.45) is 0 Å². The van der Waals surface area contributed by atoms with Gasteiger partial charge in [-0.1, -0.05) is 12.1 Å². The second kappa shape index (κ2) is 8.61. The molecular weight excluding hydrogens is 447 g/mol. The number of hydrogen-bond acceptors (Lipinski definition) is 5. The Morgan fingerprint density at radius 1 is 1.17 bits per heavy atom. The fraction of sp³-hybridized carbons (Fsp3) is 0.370. The van der Waals surface area contributed by atoms with Gasteiger partial charge >= 0.3 is 5.97 Å². The van der Waals surface area contributed by atoms with Gasteiger partial charge in [-0.15, -0.1) is 0 Å². The summed E-state index contributed by atoms with van der Waals surface area (Å²) >= 11 is 0. The minimum absolute atomic E-state index is 0.132. The number of piperazine rings is 1. The second-order valence-electron chi connectivity index (χ2n) is 9.68. The van der Waals surface area contributed by atoms with E-state index in [-0.39, 0.29) is 17.0 Å². The molecule has 0 bridgehead atoms. The second-order valence-corrected chi connectivity index (χ2v) is 9.68. The van der Waals surface area contributed by atoms with Crippen LogP contribution in [0, 0.1) is 5.82 Å². The molecule has 2 aromatic heterocycles. The van der Waals surface area contributed by atoms with Crippen molar-refractivity contribution >= 4 is 28.1 Å². The van der Waals surface area contributed by atoms with Crippen molar-refractivity contribution in [3.63, 3.8) is 0 Å². The van der Waals surface area contributed by atoms with Crippen molar-refractivity contribution in [2.75, 3.05) is 37.6 Å². The number of aryl methyl sites for hydroxylation is 1. The van der Waals surface area contributed by atoms with Crippen LogP contribution in [0.25, 0.3) is 16.5 Å². The molecule has 0 spiro atoms. The Balaban J connectivity index is 1.24. The van der Waals surface area contributed by atoms with E-state index in [4.69, 9.17) is 0 Å². The Morgan fingerprint density at radius 3 is 2.71 bits per heavy atom. The zero-order valence-corrected chi connectivity index (χ0v) is 19.4. The van der Waals surface area contributed by atoms with Crippen LogP contribution in [0.4, 0.5) is 10.1 Å². The van der Waals surface area contributed by atoms with Crippen molar-refractivity contribution in [1.82, 2.24) is 14.5 Å². The molecule has 35 heavy (non-hydrogen) atoms. The molecule has 1 saturated heterocycles. The van der Waals surface area contributed by atoms with Gasteiger partial charge in [0.15, 0.2) is 0 Å². The van der Waals surface area contributed by atoms with Crippen LogP contribution in [0.15, 0.2) is 47.5 Å². The van der Waals surface area contributed by atoms with Crippen molar-refractivity contribution in [3.8, 4) is 0 Å². The molecule has 1 aromatic carbocycles. The molecule has 180 valence electrons. The number of aromatic nitrogens is 2. The minimum Gasteiger partial charge on any atom is -0.477 e. The minimum atomic E-state index is -1.28. The SMILES string of the molecule is O=C(O)c1cn(C2CC2)c2cc(N3CCN(CC4=CCCc5cccnc54)CC3)c(F)cc2c1=O. The number of carbonyl (C=O) groups is 1. The lowest BCUT2D eigenvalue weighted by Gasteiger charge is -2.37. The quantitative estimate of drug-likeness (QED) is 0.607. The smallest absolute Gasteiger partial charge is 0.341 e. The van der Waals surface area contributed by atoms with Crippen molar-refractivity contribution in [3.05, 3.63) is 75.6 Å². The number of halogens is 1. The number of aromatic carboxylic acids is 1. The molecule has 3 aliphatic rings. The van der Waals surface area contributed by atoms with Crippen molar-refractivity contribution < 1.29 is 14.3 Å². The van der Waals surface area contributed by atoms with Gasteiger partial charge in [0.25, 0.3) is 0 Å².